The van der Waals surface area contributed by atoms with Gasteiger partial charge in [0, 0.05) is 26.1 Å². The summed E-state index contributed by atoms with van der Waals surface area (Å²) in [4.78, 5) is 19.3. The van der Waals surface area contributed by atoms with Crippen LogP contribution in [-0.2, 0) is 17.8 Å². The second-order valence-corrected chi connectivity index (χ2v) is 6.84. The van der Waals surface area contributed by atoms with Crippen LogP contribution in [0.25, 0.3) is 0 Å². The van der Waals surface area contributed by atoms with Crippen LogP contribution in [0.2, 0.25) is 0 Å². The number of hydrogen-bond acceptors (Lipinski definition) is 6. The number of aliphatic carboxylic acids is 1. The van der Waals surface area contributed by atoms with Crippen LogP contribution in [0, 0.1) is 13.8 Å². The predicted octanol–water partition coefficient (Wildman–Crippen LogP) is 2.12. The number of anilines is 1. The van der Waals surface area contributed by atoms with Gasteiger partial charge < -0.3 is 15.9 Å². The van der Waals surface area contributed by atoms with Crippen LogP contribution < -0.4 is 10.3 Å². The number of aryl methyl sites for hydroxylation is 1. The number of alkyl halides is 1. The van der Waals surface area contributed by atoms with Gasteiger partial charge in [-0.25, -0.2) is 9.97 Å². The monoisotopic (exact) mass is 423 g/mol. The molecule has 0 aliphatic rings. The van der Waals surface area contributed by atoms with Crippen LogP contribution >= 0.6 is 35.3 Å². The first-order valence-electron chi connectivity index (χ1n) is 7.82. The molecule has 0 spiro atoms. The van der Waals surface area contributed by atoms with Gasteiger partial charge in [0.25, 0.3) is 0 Å². The fourth-order valence-electron chi connectivity index (χ4n) is 1.94. The molecular formula is C16H25Cl2N4O3S+. The summed E-state index contributed by atoms with van der Waals surface area (Å²) < 4.78 is 2.11. The fraction of sp³-hybridized carbons (Fsp3) is 0.500. The smallest absolute Gasteiger partial charge is 0.321 e. The van der Waals surface area contributed by atoms with E-state index in [1.54, 1.807) is 24.5 Å². The summed E-state index contributed by atoms with van der Waals surface area (Å²) in [6.07, 6.45) is 2.95. The molecule has 0 radical (unpaired) electrons. The van der Waals surface area contributed by atoms with Gasteiger partial charge in [-0.2, -0.15) is 4.57 Å². The lowest BCUT2D eigenvalue weighted by molar-refractivity contribution is -0.689. The molecule has 0 saturated carbocycles. The minimum atomic E-state index is -0.941. The standard InChI is InChI=1S/C12H17N4OS.C4H7ClO2.ClH/c1-8-11(3-4-17)18-7-16(8)6-10-5-14-9(2)15-12(10)13;1-2-3(5)4(6)7;/h5,7,17H,3-4,6H2,1-2H3,(H2,13,14,15);3H,2H2,1H3,(H,6,7);1H/q+1;;. The Morgan fingerprint density at radius 3 is 2.58 bits per heavy atom. The summed E-state index contributed by atoms with van der Waals surface area (Å²) >= 11 is 6.85. The molecule has 10 heteroatoms. The number of nitrogen functional groups attached to an aromatic ring is 1. The Bertz CT molecular complexity index is 713. The van der Waals surface area contributed by atoms with Gasteiger partial charge in [-0.3, -0.25) is 4.79 Å². The van der Waals surface area contributed by atoms with Crippen LogP contribution in [0.4, 0.5) is 5.82 Å². The molecule has 2 heterocycles. The first-order chi connectivity index (χ1) is 11.8. The fourth-order valence-corrected chi connectivity index (χ4v) is 2.93. The van der Waals surface area contributed by atoms with E-state index in [9.17, 15) is 4.79 Å². The lowest BCUT2D eigenvalue weighted by Gasteiger charge is -2.01. The van der Waals surface area contributed by atoms with E-state index < -0.39 is 11.3 Å². The summed E-state index contributed by atoms with van der Waals surface area (Å²) in [5, 5.41) is 16.3. The Kier molecular flexibility index (Phi) is 11.3. The van der Waals surface area contributed by atoms with E-state index in [0.29, 0.717) is 31.0 Å². The summed E-state index contributed by atoms with van der Waals surface area (Å²) in [6.45, 7) is 6.44. The van der Waals surface area contributed by atoms with Gasteiger partial charge in [0.15, 0.2) is 12.2 Å². The Morgan fingerprint density at radius 1 is 1.46 bits per heavy atom. The van der Waals surface area contributed by atoms with Crippen molar-refractivity contribution in [3.05, 3.63) is 33.7 Å². The number of aromatic nitrogens is 3. The molecule has 0 aliphatic heterocycles. The zero-order chi connectivity index (χ0) is 19.0. The quantitative estimate of drug-likeness (QED) is 0.484. The van der Waals surface area contributed by atoms with Gasteiger partial charge in [0.05, 0.1) is 10.4 Å². The molecule has 2 aromatic rings. The summed E-state index contributed by atoms with van der Waals surface area (Å²) in [5.41, 5.74) is 10.0. The van der Waals surface area contributed by atoms with Crippen LogP contribution in [0.5, 0.6) is 0 Å². The maximum Gasteiger partial charge on any atom is 0.321 e. The van der Waals surface area contributed by atoms with Gasteiger partial charge in [-0.1, -0.05) is 18.3 Å². The van der Waals surface area contributed by atoms with Crippen molar-refractivity contribution in [2.75, 3.05) is 12.3 Å². The minimum absolute atomic E-state index is 0. The predicted molar refractivity (Wildman–Crippen MR) is 105 cm³/mol. The zero-order valence-corrected chi connectivity index (χ0v) is 17.4. The number of hydrogen-bond donors (Lipinski definition) is 3. The number of aliphatic hydroxyl groups is 1. The molecule has 0 bridgehead atoms. The number of aliphatic hydroxyl groups excluding tert-OH is 1. The highest BCUT2D eigenvalue weighted by molar-refractivity contribution is 7.09. The van der Waals surface area contributed by atoms with Crippen LogP contribution in [0.15, 0.2) is 11.7 Å². The molecule has 4 N–H and O–H groups in total. The number of thiazole rings is 1. The third-order valence-corrected chi connectivity index (χ3v) is 5.12. The summed E-state index contributed by atoms with van der Waals surface area (Å²) in [5.74, 6) is 0.276. The molecule has 26 heavy (non-hydrogen) atoms. The molecule has 0 saturated heterocycles. The SMILES string of the molecule is CCC(Cl)C(=O)O.Cc1ncc(C[n+]2csc(CCO)c2C)c(N)n1.Cl. The number of rotatable bonds is 6. The molecule has 0 fully saturated rings. The maximum absolute atomic E-state index is 9.80. The Morgan fingerprint density at radius 2 is 2.12 bits per heavy atom. The van der Waals surface area contributed by atoms with Crippen molar-refractivity contribution in [2.45, 2.75) is 45.5 Å². The van der Waals surface area contributed by atoms with E-state index in [4.69, 9.17) is 27.5 Å². The average Bonchev–Trinajstić information content (AvgIpc) is 2.91. The third-order valence-electron chi connectivity index (χ3n) is 3.48. The lowest BCUT2D eigenvalue weighted by atomic mass is 10.2. The molecule has 7 nitrogen and oxygen atoms in total. The van der Waals surface area contributed by atoms with E-state index in [1.807, 2.05) is 19.4 Å². The Labute approximate surface area is 168 Å². The Balaban J connectivity index is 0.000000673. The van der Waals surface area contributed by atoms with Crippen molar-refractivity contribution >= 4 is 47.1 Å². The lowest BCUT2D eigenvalue weighted by Crippen LogP contribution is -2.35. The third kappa shape index (κ3) is 7.41. The van der Waals surface area contributed by atoms with E-state index in [2.05, 4.69) is 14.5 Å². The maximum atomic E-state index is 9.80. The van der Waals surface area contributed by atoms with Crippen molar-refractivity contribution in [3.8, 4) is 0 Å². The molecule has 2 rings (SSSR count). The summed E-state index contributed by atoms with van der Waals surface area (Å²) in [6, 6.07) is 0. The number of nitrogens with zero attached hydrogens (tertiary/aromatic N) is 3. The van der Waals surface area contributed by atoms with Gasteiger partial charge in [-0.05, 0) is 13.3 Å². The number of carboxylic acids is 1. The van der Waals surface area contributed by atoms with E-state index in [1.165, 1.54) is 4.88 Å². The van der Waals surface area contributed by atoms with Crippen molar-refractivity contribution in [3.63, 3.8) is 0 Å². The number of nitrogens with two attached hydrogens (primary N) is 1. The van der Waals surface area contributed by atoms with Gasteiger partial charge in [0.1, 0.15) is 17.0 Å². The molecule has 0 aromatic carbocycles. The highest BCUT2D eigenvalue weighted by Crippen LogP contribution is 2.13. The van der Waals surface area contributed by atoms with Crippen LogP contribution in [0.3, 0.4) is 0 Å². The van der Waals surface area contributed by atoms with Crippen LogP contribution in [0.1, 0.15) is 35.3 Å². The zero-order valence-electron chi connectivity index (χ0n) is 15.0. The van der Waals surface area contributed by atoms with Crippen molar-refractivity contribution in [1.29, 1.82) is 0 Å². The summed E-state index contributed by atoms with van der Waals surface area (Å²) in [7, 11) is 0. The van der Waals surface area contributed by atoms with E-state index in [-0.39, 0.29) is 19.0 Å². The van der Waals surface area contributed by atoms with Gasteiger partial charge in [-0.15, -0.1) is 24.0 Å². The first kappa shape index (κ1) is 24.5. The molecule has 0 aliphatic carbocycles. The van der Waals surface area contributed by atoms with Crippen molar-refractivity contribution in [2.24, 2.45) is 0 Å². The Hall–Kier alpha value is -1.48. The molecule has 146 valence electrons. The second-order valence-electron chi connectivity index (χ2n) is 5.38. The molecule has 1 unspecified atom stereocenters. The topological polar surface area (TPSA) is 113 Å². The van der Waals surface area contributed by atoms with Gasteiger partial charge in [0.2, 0.25) is 5.51 Å². The number of halogens is 2. The van der Waals surface area contributed by atoms with Crippen molar-refractivity contribution < 1.29 is 19.6 Å². The molecule has 1 atom stereocenters. The minimum Gasteiger partial charge on any atom is -0.480 e. The molecular weight excluding hydrogens is 399 g/mol. The van der Waals surface area contributed by atoms with E-state index >= 15 is 0 Å². The molecule has 0 amide bonds. The second kappa shape index (κ2) is 12.0. The largest absolute Gasteiger partial charge is 0.480 e. The normalized spacial score (nSPS) is 11.1. The molecule has 2 aromatic heterocycles. The first-order valence-corrected chi connectivity index (χ1v) is 9.13. The highest BCUT2D eigenvalue weighted by atomic mass is 35.5. The van der Waals surface area contributed by atoms with Crippen LogP contribution in [-0.4, -0.2) is 38.1 Å². The highest BCUT2D eigenvalue weighted by Gasteiger charge is 2.17. The average molecular weight is 424 g/mol. The van der Waals surface area contributed by atoms with Crippen molar-refractivity contribution in [1.82, 2.24) is 9.97 Å². The number of carbonyl (C=O) groups is 1. The number of carboxylic acid groups (broad SMARTS) is 1. The van der Waals surface area contributed by atoms with E-state index in [0.717, 1.165) is 11.3 Å². The van der Waals surface area contributed by atoms with Gasteiger partial charge >= 0.3 is 5.97 Å².